The van der Waals surface area contributed by atoms with Gasteiger partial charge < -0.3 is 5.73 Å². The molecule has 2 heteroatoms. The van der Waals surface area contributed by atoms with Gasteiger partial charge in [0.15, 0.2) is 0 Å². The van der Waals surface area contributed by atoms with E-state index in [0.717, 1.165) is 11.1 Å². The first-order valence-corrected chi connectivity index (χ1v) is 6.06. The smallest absolute Gasteiger partial charge is 0.147 e. The highest BCUT2D eigenvalue weighted by Crippen LogP contribution is 2.27. The van der Waals surface area contributed by atoms with Crippen molar-refractivity contribution < 1.29 is 4.79 Å². The first-order valence-electron chi connectivity index (χ1n) is 6.06. The average molecular weight is 239 g/mol. The van der Waals surface area contributed by atoms with E-state index in [2.05, 4.69) is 0 Å². The lowest BCUT2D eigenvalue weighted by molar-refractivity contribution is -0.118. The summed E-state index contributed by atoms with van der Waals surface area (Å²) in [5.74, 6) is -0.0717. The number of benzene rings is 2. The van der Waals surface area contributed by atoms with Crippen LogP contribution < -0.4 is 5.73 Å². The van der Waals surface area contributed by atoms with Gasteiger partial charge in [0.1, 0.15) is 5.78 Å². The number of ketones is 1. The van der Waals surface area contributed by atoms with E-state index in [0.29, 0.717) is 0 Å². The molecule has 0 radical (unpaired) electrons. The molecule has 92 valence electrons. The predicted octanol–water partition coefficient (Wildman–Crippen LogP) is 2.73. The zero-order valence-electron chi connectivity index (χ0n) is 10.4. The first kappa shape index (κ1) is 12.5. The summed E-state index contributed by atoms with van der Waals surface area (Å²) in [6.45, 7) is 1.55. The van der Waals surface area contributed by atoms with E-state index in [9.17, 15) is 4.79 Å². The second kappa shape index (κ2) is 5.61. The lowest BCUT2D eigenvalue weighted by Gasteiger charge is -2.23. The summed E-state index contributed by atoms with van der Waals surface area (Å²) in [4.78, 5) is 11.6. The van der Waals surface area contributed by atoms with Crippen molar-refractivity contribution in [1.29, 1.82) is 0 Å². The monoisotopic (exact) mass is 239 g/mol. The van der Waals surface area contributed by atoms with Crippen LogP contribution in [0.1, 0.15) is 24.0 Å². The quantitative estimate of drug-likeness (QED) is 0.891. The number of hydrogen-bond donors (Lipinski definition) is 1. The zero-order valence-corrected chi connectivity index (χ0v) is 10.4. The van der Waals surface area contributed by atoms with E-state index in [1.54, 1.807) is 6.92 Å². The van der Waals surface area contributed by atoms with E-state index in [1.807, 2.05) is 60.7 Å². The molecule has 0 bridgehead atoms. The Morgan fingerprint density at radius 1 is 0.889 bits per heavy atom. The normalized spacial score (nSPS) is 12.4. The Balaban J connectivity index is 2.45. The summed E-state index contributed by atoms with van der Waals surface area (Å²) in [6, 6.07) is 19.4. The van der Waals surface area contributed by atoms with E-state index >= 15 is 0 Å². The molecule has 0 aliphatic heterocycles. The number of rotatable bonds is 4. The van der Waals surface area contributed by atoms with Crippen LogP contribution >= 0.6 is 0 Å². The Morgan fingerprint density at radius 3 is 1.61 bits per heavy atom. The number of hydrogen-bond acceptors (Lipinski definition) is 2. The fourth-order valence-electron chi connectivity index (χ4n) is 2.16. The molecule has 0 spiro atoms. The molecule has 0 saturated heterocycles. The summed E-state index contributed by atoms with van der Waals surface area (Å²) in [5, 5.41) is 0. The van der Waals surface area contributed by atoms with Crippen molar-refractivity contribution in [2.45, 2.75) is 18.9 Å². The van der Waals surface area contributed by atoms with Gasteiger partial charge >= 0.3 is 0 Å². The van der Waals surface area contributed by atoms with Crippen molar-refractivity contribution in [2.24, 2.45) is 5.73 Å². The average Bonchev–Trinajstić information content (AvgIpc) is 2.41. The van der Waals surface area contributed by atoms with Gasteiger partial charge in [-0.25, -0.2) is 0 Å². The molecule has 0 aromatic heterocycles. The maximum absolute atomic E-state index is 11.6. The number of carbonyl (C=O) groups is 1. The van der Waals surface area contributed by atoms with Crippen molar-refractivity contribution in [2.75, 3.05) is 0 Å². The largest absolute Gasteiger partial charge is 0.321 e. The summed E-state index contributed by atoms with van der Waals surface area (Å²) >= 11 is 0. The Kier molecular flexibility index (Phi) is 3.90. The van der Waals surface area contributed by atoms with Crippen LogP contribution in [-0.2, 0) is 4.79 Å². The second-order valence-corrected chi connectivity index (χ2v) is 4.44. The van der Waals surface area contributed by atoms with Crippen LogP contribution in [0.5, 0.6) is 0 Å². The molecule has 0 unspecified atom stereocenters. The third kappa shape index (κ3) is 2.66. The Hall–Kier alpha value is -1.93. The van der Waals surface area contributed by atoms with Crippen molar-refractivity contribution >= 4 is 5.78 Å². The third-order valence-electron chi connectivity index (χ3n) is 3.15. The van der Waals surface area contributed by atoms with Crippen LogP contribution in [0, 0.1) is 0 Å². The van der Waals surface area contributed by atoms with Gasteiger partial charge in [0.25, 0.3) is 0 Å². The standard InChI is InChI=1S/C16H17NO/c1-12(18)16(17)15(13-8-4-2-5-9-13)14-10-6-3-7-11-14/h2-11,15-16H,17H2,1H3/t16-/m0/s1. The summed E-state index contributed by atoms with van der Waals surface area (Å²) in [7, 11) is 0. The minimum Gasteiger partial charge on any atom is -0.321 e. The minimum absolute atomic E-state index is 0.00714. The van der Waals surface area contributed by atoms with Crippen molar-refractivity contribution in [3.05, 3.63) is 71.8 Å². The molecule has 1 atom stereocenters. The topological polar surface area (TPSA) is 43.1 Å². The molecular weight excluding hydrogens is 222 g/mol. The maximum atomic E-state index is 11.6. The molecule has 0 amide bonds. The lowest BCUT2D eigenvalue weighted by atomic mass is 9.84. The minimum atomic E-state index is -0.505. The molecule has 0 fully saturated rings. The molecule has 0 heterocycles. The SMILES string of the molecule is CC(=O)[C@H](N)C(c1ccccc1)c1ccccc1. The van der Waals surface area contributed by atoms with Crippen molar-refractivity contribution in [3.8, 4) is 0 Å². The molecule has 0 saturated carbocycles. The van der Waals surface area contributed by atoms with Crippen LogP contribution in [-0.4, -0.2) is 11.8 Å². The molecule has 2 aromatic carbocycles. The Labute approximate surface area is 107 Å². The molecule has 2 rings (SSSR count). The predicted molar refractivity (Wildman–Crippen MR) is 73.4 cm³/mol. The number of nitrogens with two attached hydrogens (primary N) is 1. The molecule has 0 aliphatic rings. The lowest BCUT2D eigenvalue weighted by Crippen LogP contribution is -2.35. The Bertz CT molecular complexity index is 468. The van der Waals surface area contributed by atoms with Gasteiger partial charge in [-0.15, -0.1) is 0 Å². The highest BCUT2D eigenvalue weighted by molar-refractivity contribution is 5.83. The Morgan fingerprint density at radius 2 is 1.28 bits per heavy atom. The van der Waals surface area contributed by atoms with E-state index in [1.165, 1.54) is 0 Å². The van der Waals surface area contributed by atoms with Gasteiger partial charge in [-0.2, -0.15) is 0 Å². The molecule has 2 N–H and O–H groups in total. The summed E-state index contributed by atoms with van der Waals surface area (Å²) in [5.41, 5.74) is 8.23. The number of Topliss-reactive ketones (excluding diaryl/α,β-unsaturated/α-hetero) is 1. The molecule has 18 heavy (non-hydrogen) atoms. The van der Waals surface area contributed by atoms with Crippen molar-refractivity contribution in [3.63, 3.8) is 0 Å². The van der Waals surface area contributed by atoms with Gasteiger partial charge in [-0.1, -0.05) is 60.7 Å². The second-order valence-electron chi connectivity index (χ2n) is 4.44. The van der Waals surface area contributed by atoms with E-state index in [4.69, 9.17) is 5.73 Å². The van der Waals surface area contributed by atoms with Gasteiger partial charge in [0.2, 0.25) is 0 Å². The zero-order chi connectivity index (χ0) is 13.0. The fraction of sp³-hybridized carbons (Fsp3) is 0.188. The fourth-order valence-corrected chi connectivity index (χ4v) is 2.16. The summed E-state index contributed by atoms with van der Waals surface area (Å²) < 4.78 is 0. The third-order valence-corrected chi connectivity index (χ3v) is 3.15. The van der Waals surface area contributed by atoms with Crippen LogP contribution in [0.2, 0.25) is 0 Å². The van der Waals surface area contributed by atoms with E-state index in [-0.39, 0.29) is 11.7 Å². The van der Waals surface area contributed by atoms with Gasteiger partial charge in [0.05, 0.1) is 6.04 Å². The number of carbonyl (C=O) groups excluding carboxylic acids is 1. The molecule has 2 aromatic rings. The van der Waals surface area contributed by atoms with Crippen LogP contribution in [0.4, 0.5) is 0 Å². The van der Waals surface area contributed by atoms with Gasteiger partial charge in [-0.05, 0) is 18.1 Å². The first-order chi connectivity index (χ1) is 8.70. The maximum Gasteiger partial charge on any atom is 0.147 e. The molecule has 0 aliphatic carbocycles. The highest BCUT2D eigenvalue weighted by atomic mass is 16.1. The van der Waals surface area contributed by atoms with Gasteiger partial charge in [0, 0.05) is 5.92 Å². The van der Waals surface area contributed by atoms with Gasteiger partial charge in [-0.3, -0.25) is 4.79 Å². The molecular formula is C16H17NO. The molecule has 2 nitrogen and oxygen atoms in total. The van der Waals surface area contributed by atoms with Crippen LogP contribution in [0.3, 0.4) is 0 Å². The van der Waals surface area contributed by atoms with Crippen molar-refractivity contribution in [1.82, 2.24) is 0 Å². The van der Waals surface area contributed by atoms with E-state index < -0.39 is 6.04 Å². The highest BCUT2D eigenvalue weighted by Gasteiger charge is 2.24. The van der Waals surface area contributed by atoms with Crippen LogP contribution in [0.15, 0.2) is 60.7 Å². The summed E-state index contributed by atoms with van der Waals surface area (Å²) in [6.07, 6.45) is 0. The van der Waals surface area contributed by atoms with Crippen LogP contribution in [0.25, 0.3) is 0 Å².